The van der Waals surface area contributed by atoms with Gasteiger partial charge in [-0.2, -0.15) is 0 Å². The minimum atomic E-state index is -0.116. The van der Waals surface area contributed by atoms with Crippen LogP contribution in [0.3, 0.4) is 0 Å². The third kappa shape index (κ3) is 4.78. The van der Waals surface area contributed by atoms with Crippen molar-refractivity contribution in [2.24, 2.45) is 0 Å². The number of hydrogen-bond donors (Lipinski definition) is 2. The number of anilines is 1. The molecule has 0 bridgehead atoms. The van der Waals surface area contributed by atoms with Crippen LogP contribution in [0.25, 0.3) is 11.3 Å². The van der Waals surface area contributed by atoms with Crippen molar-refractivity contribution in [3.8, 4) is 17.0 Å². The van der Waals surface area contributed by atoms with E-state index in [1.807, 2.05) is 24.3 Å². The van der Waals surface area contributed by atoms with Gasteiger partial charge < -0.3 is 15.0 Å². The normalized spacial score (nSPS) is 10.5. The molecule has 0 atom stereocenters. The zero-order chi connectivity index (χ0) is 17.6. The number of methoxy groups -OCH3 is 1. The third-order valence-corrected chi connectivity index (χ3v) is 4.52. The Hall–Kier alpha value is -2.44. The van der Waals surface area contributed by atoms with Crippen LogP contribution in [-0.4, -0.2) is 28.7 Å². The predicted molar refractivity (Wildman–Crippen MR) is 101 cm³/mol. The molecule has 128 valence electrons. The summed E-state index contributed by atoms with van der Waals surface area (Å²) in [4.78, 5) is 19.5. The number of benzene rings is 2. The fraction of sp³-hybridized carbons (Fsp3) is 0.111. The van der Waals surface area contributed by atoms with Gasteiger partial charge in [0.15, 0.2) is 5.16 Å². The quantitative estimate of drug-likeness (QED) is 0.625. The van der Waals surface area contributed by atoms with E-state index in [0.29, 0.717) is 15.9 Å². The molecule has 7 heteroatoms. The molecule has 0 spiro atoms. The first kappa shape index (κ1) is 17.4. The van der Waals surface area contributed by atoms with Crippen molar-refractivity contribution in [2.45, 2.75) is 5.16 Å². The van der Waals surface area contributed by atoms with E-state index in [2.05, 4.69) is 15.3 Å². The molecule has 0 saturated carbocycles. The van der Waals surface area contributed by atoms with E-state index in [0.717, 1.165) is 17.0 Å². The van der Waals surface area contributed by atoms with E-state index in [4.69, 9.17) is 16.3 Å². The topological polar surface area (TPSA) is 67.0 Å². The second kappa shape index (κ2) is 8.09. The van der Waals surface area contributed by atoms with E-state index >= 15 is 0 Å². The number of aromatic nitrogens is 2. The molecule has 0 unspecified atom stereocenters. The molecule has 2 N–H and O–H groups in total. The summed E-state index contributed by atoms with van der Waals surface area (Å²) in [5, 5.41) is 4.08. The predicted octanol–water partition coefficient (Wildman–Crippen LogP) is 4.47. The maximum Gasteiger partial charge on any atom is 0.234 e. The van der Waals surface area contributed by atoms with Crippen LogP contribution in [0.4, 0.5) is 5.69 Å². The van der Waals surface area contributed by atoms with Crippen LogP contribution in [0.5, 0.6) is 5.75 Å². The van der Waals surface area contributed by atoms with Crippen LogP contribution < -0.4 is 10.1 Å². The van der Waals surface area contributed by atoms with Crippen LogP contribution in [0.1, 0.15) is 0 Å². The molecule has 0 radical (unpaired) electrons. The first-order chi connectivity index (χ1) is 12.1. The zero-order valence-electron chi connectivity index (χ0n) is 13.5. The largest absolute Gasteiger partial charge is 0.497 e. The Morgan fingerprint density at radius 1 is 1.28 bits per heavy atom. The second-order valence-corrected chi connectivity index (χ2v) is 6.58. The Bertz CT molecular complexity index is 865. The van der Waals surface area contributed by atoms with Crippen molar-refractivity contribution in [3.63, 3.8) is 0 Å². The number of imidazole rings is 1. The maximum absolute atomic E-state index is 12.0. The van der Waals surface area contributed by atoms with E-state index in [9.17, 15) is 4.79 Å². The fourth-order valence-corrected chi connectivity index (χ4v) is 3.03. The van der Waals surface area contributed by atoms with Crippen molar-refractivity contribution >= 4 is 35.0 Å². The van der Waals surface area contributed by atoms with Crippen LogP contribution in [0.2, 0.25) is 5.02 Å². The Morgan fingerprint density at radius 3 is 2.80 bits per heavy atom. The number of hydrogen-bond acceptors (Lipinski definition) is 4. The smallest absolute Gasteiger partial charge is 0.234 e. The summed E-state index contributed by atoms with van der Waals surface area (Å²) >= 11 is 7.24. The van der Waals surface area contributed by atoms with E-state index in [-0.39, 0.29) is 11.7 Å². The highest BCUT2D eigenvalue weighted by Crippen LogP contribution is 2.24. The molecule has 0 fully saturated rings. The third-order valence-electron chi connectivity index (χ3n) is 3.40. The van der Waals surface area contributed by atoms with Crippen molar-refractivity contribution in [2.75, 3.05) is 18.2 Å². The highest BCUT2D eigenvalue weighted by molar-refractivity contribution is 7.99. The summed E-state index contributed by atoms with van der Waals surface area (Å²) in [6.07, 6.45) is 1.75. The van der Waals surface area contributed by atoms with Gasteiger partial charge in [-0.05, 0) is 48.0 Å². The summed E-state index contributed by atoms with van der Waals surface area (Å²) in [6.45, 7) is 0. The van der Waals surface area contributed by atoms with Gasteiger partial charge in [-0.25, -0.2) is 4.98 Å². The number of thioether (sulfide) groups is 1. The molecule has 1 aromatic heterocycles. The van der Waals surface area contributed by atoms with Crippen molar-refractivity contribution in [1.29, 1.82) is 0 Å². The molecule has 3 rings (SSSR count). The van der Waals surface area contributed by atoms with Gasteiger partial charge in [0.1, 0.15) is 5.75 Å². The van der Waals surface area contributed by atoms with Crippen molar-refractivity contribution in [3.05, 3.63) is 59.8 Å². The lowest BCUT2D eigenvalue weighted by Crippen LogP contribution is -2.14. The van der Waals surface area contributed by atoms with Crippen LogP contribution in [0, 0.1) is 0 Å². The number of halogens is 1. The van der Waals surface area contributed by atoms with Gasteiger partial charge in [0.25, 0.3) is 0 Å². The average molecular weight is 374 g/mol. The number of H-pyrrole nitrogens is 1. The van der Waals surface area contributed by atoms with Gasteiger partial charge in [-0.15, -0.1) is 0 Å². The molecule has 0 saturated heterocycles. The first-order valence-corrected chi connectivity index (χ1v) is 8.88. The van der Waals surface area contributed by atoms with Crippen molar-refractivity contribution in [1.82, 2.24) is 9.97 Å². The van der Waals surface area contributed by atoms with E-state index in [1.165, 1.54) is 11.8 Å². The van der Waals surface area contributed by atoms with Gasteiger partial charge in [-0.3, -0.25) is 4.79 Å². The molecule has 2 aromatic carbocycles. The Labute approximate surface area is 154 Å². The molecular weight excluding hydrogens is 358 g/mol. The molecule has 1 heterocycles. The molecule has 5 nitrogen and oxygen atoms in total. The molecule has 0 aliphatic heterocycles. The summed E-state index contributed by atoms with van der Waals surface area (Å²) in [6, 6.07) is 14.7. The average Bonchev–Trinajstić information content (AvgIpc) is 3.09. The molecular formula is C18H16ClN3O2S. The minimum absolute atomic E-state index is 0.116. The molecule has 25 heavy (non-hydrogen) atoms. The number of rotatable bonds is 6. The molecule has 1 amide bonds. The van der Waals surface area contributed by atoms with Gasteiger partial charge in [0.05, 0.1) is 24.8 Å². The van der Waals surface area contributed by atoms with Gasteiger partial charge in [0.2, 0.25) is 5.91 Å². The zero-order valence-corrected chi connectivity index (χ0v) is 15.0. The SMILES string of the molecule is COc1ccc(-c2cnc(SCC(=O)Nc3cccc(Cl)c3)[nH]2)cc1. The number of aromatic amines is 1. The van der Waals surface area contributed by atoms with Crippen LogP contribution >= 0.6 is 23.4 Å². The van der Waals surface area contributed by atoms with Gasteiger partial charge >= 0.3 is 0 Å². The van der Waals surface area contributed by atoms with E-state index in [1.54, 1.807) is 37.6 Å². The second-order valence-electron chi connectivity index (χ2n) is 5.18. The summed E-state index contributed by atoms with van der Waals surface area (Å²) in [5.41, 5.74) is 2.57. The van der Waals surface area contributed by atoms with Gasteiger partial charge in [-0.1, -0.05) is 29.4 Å². The Balaban J connectivity index is 1.56. The fourth-order valence-electron chi connectivity index (χ4n) is 2.19. The number of nitrogens with one attached hydrogen (secondary N) is 2. The molecule has 3 aromatic rings. The molecule has 0 aliphatic carbocycles. The summed E-state index contributed by atoms with van der Waals surface area (Å²) in [7, 11) is 1.63. The Morgan fingerprint density at radius 2 is 2.08 bits per heavy atom. The summed E-state index contributed by atoms with van der Waals surface area (Å²) in [5.74, 6) is 0.937. The maximum atomic E-state index is 12.0. The first-order valence-electron chi connectivity index (χ1n) is 7.52. The number of ether oxygens (including phenoxy) is 1. The van der Waals surface area contributed by atoms with Crippen LogP contribution in [0.15, 0.2) is 59.9 Å². The number of nitrogens with zero attached hydrogens (tertiary/aromatic N) is 1. The van der Waals surface area contributed by atoms with Gasteiger partial charge in [0, 0.05) is 10.7 Å². The lowest BCUT2D eigenvalue weighted by atomic mass is 10.2. The Kier molecular flexibility index (Phi) is 5.63. The lowest BCUT2D eigenvalue weighted by molar-refractivity contribution is -0.113. The standard InChI is InChI=1S/C18H16ClN3O2S/c1-24-15-7-5-12(6-8-15)16-10-20-18(22-16)25-11-17(23)21-14-4-2-3-13(19)9-14/h2-10H,11H2,1H3,(H,20,22)(H,21,23). The molecule has 0 aliphatic rings. The number of carbonyl (C=O) groups excluding carboxylic acids is 1. The number of carbonyl (C=O) groups is 1. The lowest BCUT2D eigenvalue weighted by Gasteiger charge is -2.04. The number of amides is 1. The van der Waals surface area contributed by atoms with Crippen molar-refractivity contribution < 1.29 is 9.53 Å². The summed E-state index contributed by atoms with van der Waals surface area (Å²) < 4.78 is 5.15. The highest BCUT2D eigenvalue weighted by atomic mass is 35.5. The monoisotopic (exact) mass is 373 g/mol. The highest BCUT2D eigenvalue weighted by Gasteiger charge is 2.08. The minimum Gasteiger partial charge on any atom is -0.497 e. The van der Waals surface area contributed by atoms with Crippen LogP contribution in [-0.2, 0) is 4.79 Å². The van der Waals surface area contributed by atoms with E-state index < -0.39 is 0 Å².